The molecule has 0 bridgehead atoms. The predicted octanol–water partition coefficient (Wildman–Crippen LogP) is 1.08. The van der Waals surface area contributed by atoms with E-state index < -0.39 is 5.97 Å². The molecule has 0 atom stereocenters. The molecule has 98 valence electrons. The van der Waals surface area contributed by atoms with Crippen molar-refractivity contribution in [2.45, 2.75) is 6.42 Å². The van der Waals surface area contributed by atoms with Gasteiger partial charge in [-0.15, -0.1) is 0 Å². The Morgan fingerprint density at radius 3 is 2.74 bits per heavy atom. The maximum Gasteiger partial charge on any atom is 0.354 e. The van der Waals surface area contributed by atoms with Crippen LogP contribution in [0.1, 0.15) is 26.5 Å². The second-order valence-corrected chi connectivity index (χ2v) is 3.94. The monoisotopic (exact) mass is 259 g/mol. The lowest BCUT2D eigenvalue weighted by Gasteiger charge is -2.04. The smallest absolute Gasteiger partial charge is 0.354 e. The molecule has 6 heteroatoms. The van der Waals surface area contributed by atoms with Gasteiger partial charge in [0.15, 0.2) is 0 Å². The maximum atomic E-state index is 11.7. The summed E-state index contributed by atoms with van der Waals surface area (Å²) < 4.78 is 0. The van der Waals surface area contributed by atoms with Crippen LogP contribution in [0.2, 0.25) is 0 Å². The third kappa shape index (κ3) is 3.41. The number of rotatable bonds is 5. The molecular weight excluding hydrogens is 246 g/mol. The number of aromatic nitrogens is 2. The van der Waals surface area contributed by atoms with Crippen LogP contribution in [0.3, 0.4) is 0 Å². The van der Waals surface area contributed by atoms with Gasteiger partial charge >= 0.3 is 5.97 Å². The summed E-state index contributed by atoms with van der Waals surface area (Å²) in [6.07, 6.45) is 3.79. The summed E-state index contributed by atoms with van der Waals surface area (Å²) in [7, 11) is 0. The number of H-pyrrole nitrogens is 1. The summed E-state index contributed by atoms with van der Waals surface area (Å²) >= 11 is 0. The third-order valence-corrected chi connectivity index (χ3v) is 2.59. The average molecular weight is 259 g/mol. The minimum Gasteiger partial charge on any atom is -0.477 e. The first-order valence-electron chi connectivity index (χ1n) is 5.76. The molecule has 6 nitrogen and oxygen atoms in total. The van der Waals surface area contributed by atoms with Gasteiger partial charge in [0.2, 0.25) is 0 Å². The second kappa shape index (κ2) is 5.81. The largest absolute Gasteiger partial charge is 0.477 e. The summed E-state index contributed by atoms with van der Waals surface area (Å²) in [6.45, 7) is 0.500. The minimum absolute atomic E-state index is 0.0806. The first-order chi connectivity index (χ1) is 9.16. The van der Waals surface area contributed by atoms with Gasteiger partial charge in [-0.2, -0.15) is 0 Å². The Labute approximate surface area is 109 Å². The number of carbonyl (C=O) groups excluding carboxylic acids is 1. The Hall–Kier alpha value is -2.63. The van der Waals surface area contributed by atoms with E-state index in [0.29, 0.717) is 18.5 Å². The Morgan fingerprint density at radius 1 is 1.32 bits per heavy atom. The van der Waals surface area contributed by atoms with Crippen molar-refractivity contribution in [2.75, 3.05) is 6.54 Å². The Bertz CT molecular complexity index is 561. The predicted molar refractivity (Wildman–Crippen MR) is 68.0 cm³/mol. The fraction of sp³-hybridized carbons (Fsp3) is 0.154. The van der Waals surface area contributed by atoms with Gasteiger partial charge in [-0.25, -0.2) is 9.78 Å². The second-order valence-electron chi connectivity index (χ2n) is 3.94. The molecule has 0 aliphatic heterocycles. The highest BCUT2D eigenvalue weighted by molar-refractivity contribution is 5.94. The number of aromatic amines is 1. The van der Waals surface area contributed by atoms with Crippen LogP contribution < -0.4 is 5.32 Å². The molecule has 2 heterocycles. The van der Waals surface area contributed by atoms with Crippen LogP contribution in [0.15, 0.2) is 36.7 Å². The molecule has 19 heavy (non-hydrogen) atoms. The standard InChI is InChI=1S/C13H13N3O3/c17-12(15-7-5-10-2-1-6-14-10)9-3-4-11(13(18)19)16-8-9/h1-4,6,8,14H,5,7H2,(H,15,17)(H,18,19). The summed E-state index contributed by atoms with van der Waals surface area (Å²) in [4.78, 5) is 29.1. The number of nitrogens with zero attached hydrogens (tertiary/aromatic N) is 1. The zero-order valence-corrected chi connectivity index (χ0v) is 10.1. The number of hydrogen-bond donors (Lipinski definition) is 3. The topological polar surface area (TPSA) is 95.1 Å². The van der Waals surface area contributed by atoms with Crippen molar-refractivity contribution in [1.82, 2.24) is 15.3 Å². The quantitative estimate of drug-likeness (QED) is 0.748. The maximum absolute atomic E-state index is 11.7. The van der Waals surface area contributed by atoms with Crippen LogP contribution in [0.5, 0.6) is 0 Å². The summed E-state index contributed by atoms with van der Waals surface area (Å²) in [6, 6.07) is 6.59. The third-order valence-electron chi connectivity index (χ3n) is 2.59. The normalized spacial score (nSPS) is 10.1. The van der Waals surface area contributed by atoms with Crippen molar-refractivity contribution in [3.05, 3.63) is 53.6 Å². The molecule has 0 aliphatic carbocycles. The van der Waals surface area contributed by atoms with Crippen LogP contribution in [-0.4, -0.2) is 33.5 Å². The van der Waals surface area contributed by atoms with Crippen molar-refractivity contribution in [3.8, 4) is 0 Å². The van der Waals surface area contributed by atoms with Gasteiger partial charge < -0.3 is 15.4 Å². The lowest BCUT2D eigenvalue weighted by atomic mass is 10.2. The molecule has 0 spiro atoms. The lowest BCUT2D eigenvalue weighted by Crippen LogP contribution is -2.26. The zero-order valence-electron chi connectivity index (χ0n) is 10.1. The molecule has 0 saturated carbocycles. The number of nitrogens with one attached hydrogen (secondary N) is 2. The van der Waals surface area contributed by atoms with Gasteiger partial charge in [-0.3, -0.25) is 4.79 Å². The number of carboxylic acids is 1. The van der Waals surface area contributed by atoms with E-state index in [1.165, 1.54) is 18.3 Å². The Kier molecular flexibility index (Phi) is 3.92. The van der Waals surface area contributed by atoms with Crippen molar-refractivity contribution in [2.24, 2.45) is 0 Å². The van der Waals surface area contributed by atoms with Crippen LogP contribution in [0, 0.1) is 0 Å². The van der Waals surface area contributed by atoms with Gasteiger partial charge in [0.25, 0.3) is 5.91 Å². The Morgan fingerprint density at radius 2 is 2.16 bits per heavy atom. The molecule has 0 saturated heterocycles. The summed E-state index contributed by atoms with van der Waals surface area (Å²) in [5.41, 5.74) is 1.30. The average Bonchev–Trinajstić information content (AvgIpc) is 2.92. The summed E-state index contributed by atoms with van der Waals surface area (Å²) in [5, 5.41) is 11.4. The molecule has 3 N–H and O–H groups in total. The van der Waals surface area contributed by atoms with E-state index in [-0.39, 0.29) is 11.6 Å². The molecule has 0 radical (unpaired) electrons. The van der Waals surface area contributed by atoms with Gasteiger partial charge in [0, 0.05) is 31.1 Å². The molecular formula is C13H13N3O3. The SMILES string of the molecule is O=C(NCCc1ccc[nH]1)c1ccc(C(=O)O)nc1. The van der Waals surface area contributed by atoms with E-state index in [1.807, 2.05) is 18.3 Å². The van der Waals surface area contributed by atoms with E-state index in [9.17, 15) is 9.59 Å². The fourth-order valence-electron chi connectivity index (χ4n) is 1.59. The van der Waals surface area contributed by atoms with Gasteiger partial charge in [0.05, 0.1) is 5.56 Å². The van der Waals surface area contributed by atoms with Crippen LogP contribution in [0.4, 0.5) is 0 Å². The van der Waals surface area contributed by atoms with E-state index in [1.54, 1.807) is 0 Å². The first kappa shape index (κ1) is 12.8. The van der Waals surface area contributed by atoms with E-state index in [2.05, 4.69) is 15.3 Å². The van der Waals surface area contributed by atoms with Gasteiger partial charge in [-0.1, -0.05) is 0 Å². The number of amides is 1. The molecule has 2 aromatic rings. The Balaban J connectivity index is 1.87. The molecule has 0 aliphatic rings. The van der Waals surface area contributed by atoms with Crippen molar-refractivity contribution >= 4 is 11.9 Å². The first-order valence-corrected chi connectivity index (χ1v) is 5.76. The molecule has 2 rings (SSSR count). The highest BCUT2D eigenvalue weighted by Crippen LogP contribution is 2.01. The van der Waals surface area contributed by atoms with Crippen LogP contribution in [0.25, 0.3) is 0 Å². The molecule has 0 unspecified atom stereocenters. The van der Waals surface area contributed by atoms with Crippen molar-refractivity contribution < 1.29 is 14.7 Å². The van der Waals surface area contributed by atoms with E-state index >= 15 is 0 Å². The van der Waals surface area contributed by atoms with Crippen molar-refractivity contribution in [1.29, 1.82) is 0 Å². The number of carboxylic acid groups (broad SMARTS) is 1. The van der Waals surface area contributed by atoms with Crippen LogP contribution >= 0.6 is 0 Å². The number of carbonyl (C=O) groups is 2. The van der Waals surface area contributed by atoms with Crippen molar-refractivity contribution in [3.63, 3.8) is 0 Å². The highest BCUT2D eigenvalue weighted by Gasteiger charge is 2.08. The van der Waals surface area contributed by atoms with E-state index in [0.717, 1.165) is 5.69 Å². The highest BCUT2D eigenvalue weighted by atomic mass is 16.4. The molecule has 2 aromatic heterocycles. The van der Waals surface area contributed by atoms with Gasteiger partial charge in [0.1, 0.15) is 5.69 Å². The van der Waals surface area contributed by atoms with E-state index in [4.69, 9.17) is 5.11 Å². The molecule has 0 fully saturated rings. The molecule has 1 amide bonds. The minimum atomic E-state index is -1.11. The number of aromatic carboxylic acids is 1. The van der Waals surface area contributed by atoms with Crippen LogP contribution in [-0.2, 0) is 6.42 Å². The zero-order chi connectivity index (χ0) is 13.7. The number of pyridine rings is 1. The summed E-state index contributed by atoms with van der Waals surface area (Å²) in [5.74, 6) is -1.38. The number of hydrogen-bond acceptors (Lipinski definition) is 3. The lowest BCUT2D eigenvalue weighted by molar-refractivity contribution is 0.0689. The molecule has 0 aromatic carbocycles. The van der Waals surface area contributed by atoms with Gasteiger partial charge in [-0.05, 0) is 24.3 Å². The fourth-order valence-corrected chi connectivity index (χ4v) is 1.59.